The number of likely N-dealkylation sites (tertiary alicyclic amines) is 1. The summed E-state index contributed by atoms with van der Waals surface area (Å²) in [6.45, 7) is 2.40. The number of nitrogens with one attached hydrogen (secondary N) is 1. The van der Waals surface area contributed by atoms with Crippen molar-refractivity contribution in [1.82, 2.24) is 9.91 Å². The van der Waals surface area contributed by atoms with E-state index in [1.165, 1.54) is 16.8 Å². The van der Waals surface area contributed by atoms with Gasteiger partial charge in [-0.2, -0.15) is 10.0 Å². The molecule has 0 radical (unpaired) electrons. The van der Waals surface area contributed by atoms with Crippen LogP contribution in [0.3, 0.4) is 0 Å². The third kappa shape index (κ3) is 4.11. The first-order chi connectivity index (χ1) is 15.2. The van der Waals surface area contributed by atoms with Gasteiger partial charge in [0.2, 0.25) is 5.17 Å². The fourth-order valence-corrected chi connectivity index (χ4v) is 4.53. The molecule has 2 aromatic carbocycles. The standard InChI is InChI=1S/C23H21N5O2S/c24-20-19(21(29)25-22-28(20)26-23(31-22)27-12-4-5-13-27)14-16-8-10-18(11-9-16)30-15-17-6-2-1-3-7-17/h1-3,6-11,14,24H,4-5,12-13,15H2/b19-14+,24-20?. The largest absolute Gasteiger partial charge is 0.489 e. The summed E-state index contributed by atoms with van der Waals surface area (Å²) >= 11 is 1.36. The van der Waals surface area contributed by atoms with Crippen LogP contribution in [0, 0.1) is 5.41 Å². The van der Waals surface area contributed by atoms with Crippen molar-refractivity contribution >= 4 is 39.9 Å². The van der Waals surface area contributed by atoms with Gasteiger partial charge >= 0.3 is 0 Å². The predicted octanol–water partition coefficient (Wildman–Crippen LogP) is 3.94. The SMILES string of the molecule is N=C1/C(=C\c2ccc(OCc3ccccc3)cc2)C(=O)N=C2SC(N3CCCC3)=NN12. The number of benzene rings is 2. The average molecular weight is 432 g/mol. The molecule has 3 aliphatic rings. The molecule has 3 heterocycles. The van der Waals surface area contributed by atoms with Gasteiger partial charge in [0, 0.05) is 13.1 Å². The predicted molar refractivity (Wildman–Crippen MR) is 123 cm³/mol. The molecule has 8 heteroatoms. The van der Waals surface area contributed by atoms with Crippen LogP contribution in [0.15, 0.2) is 70.3 Å². The number of amides is 1. The smallest absolute Gasteiger partial charge is 0.283 e. The van der Waals surface area contributed by atoms with Crippen LogP contribution in [0.5, 0.6) is 5.75 Å². The number of amidine groups is 3. The molecule has 31 heavy (non-hydrogen) atoms. The quantitative estimate of drug-likeness (QED) is 0.742. The van der Waals surface area contributed by atoms with E-state index in [-0.39, 0.29) is 11.4 Å². The Morgan fingerprint density at radius 1 is 1.03 bits per heavy atom. The first-order valence-electron chi connectivity index (χ1n) is 10.2. The summed E-state index contributed by atoms with van der Waals surface area (Å²) in [5, 5.41) is 15.8. The normalized spacial score (nSPS) is 19.5. The van der Waals surface area contributed by atoms with E-state index in [1.54, 1.807) is 6.08 Å². The molecule has 2 aromatic rings. The molecule has 0 spiro atoms. The monoisotopic (exact) mass is 431 g/mol. The maximum Gasteiger partial charge on any atom is 0.283 e. The molecule has 0 saturated carbocycles. The number of hydrazone groups is 1. The maximum absolute atomic E-state index is 12.6. The van der Waals surface area contributed by atoms with Crippen molar-refractivity contribution in [3.8, 4) is 5.75 Å². The Balaban J connectivity index is 1.30. The summed E-state index contributed by atoms with van der Waals surface area (Å²) < 4.78 is 5.81. The molecule has 0 aromatic heterocycles. The topological polar surface area (TPSA) is 81.3 Å². The molecule has 1 saturated heterocycles. The van der Waals surface area contributed by atoms with Crippen LogP contribution in [0.1, 0.15) is 24.0 Å². The fraction of sp³-hybridized carbons (Fsp3) is 0.217. The third-order valence-corrected chi connectivity index (χ3v) is 6.23. The highest BCUT2D eigenvalue weighted by molar-refractivity contribution is 8.26. The fourth-order valence-electron chi connectivity index (χ4n) is 3.59. The Kier molecular flexibility index (Phi) is 5.30. The van der Waals surface area contributed by atoms with E-state index >= 15 is 0 Å². The molecule has 0 atom stereocenters. The lowest BCUT2D eigenvalue weighted by Crippen LogP contribution is -2.35. The minimum Gasteiger partial charge on any atom is -0.489 e. The van der Waals surface area contributed by atoms with Gasteiger partial charge in [0.25, 0.3) is 5.91 Å². The molecular weight excluding hydrogens is 410 g/mol. The number of carbonyl (C=O) groups is 1. The molecule has 0 aliphatic carbocycles. The highest BCUT2D eigenvalue weighted by Crippen LogP contribution is 2.31. The van der Waals surface area contributed by atoms with Crippen LogP contribution in [-0.2, 0) is 11.4 Å². The van der Waals surface area contributed by atoms with Crippen molar-refractivity contribution in [1.29, 1.82) is 5.41 Å². The van der Waals surface area contributed by atoms with Crippen molar-refractivity contribution in [3.63, 3.8) is 0 Å². The molecular formula is C23H21N5O2S. The van der Waals surface area contributed by atoms with Crippen LogP contribution in [0.2, 0.25) is 0 Å². The number of rotatable bonds is 4. The van der Waals surface area contributed by atoms with Gasteiger partial charge in [-0.1, -0.05) is 42.5 Å². The molecule has 3 aliphatic heterocycles. The number of fused-ring (bicyclic) bond motifs is 1. The lowest BCUT2D eigenvalue weighted by molar-refractivity contribution is -0.114. The number of ether oxygens (including phenoxy) is 1. The Hall–Kier alpha value is -3.39. The molecule has 0 bridgehead atoms. The Labute approximate surface area is 184 Å². The van der Waals surface area contributed by atoms with Gasteiger partial charge in [0.1, 0.15) is 12.4 Å². The molecule has 1 fully saturated rings. The van der Waals surface area contributed by atoms with E-state index in [1.807, 2.05) is 54.6 Å². The van der Waals surface area contributed by atoms with E-state index in [0.29, 0.717) is 11.8 Å². The second-order valence-corrected chi connectivity index (χ2v) is 8.37. The molecule has 7 nitrogen and oxygen atoms in total. The van der Waals surface area contributed by atoms with Gasteiger partial charge in [-0.15, -0.1) is 5.10 Å². The molecule has 0 unspecified atom stereocenters. The van der Waals surface area contributed by atoms with E-state index in [2.05, 4.69) is 15.0 Å². The minimum absolute atomic E-state index is 0.0566. The first kappa shape index (κ1) is 19.6. The molecule has 1 N–H and O–H groups in total. The van der Waals surface area contributed by atoms with Crippen molar-refractivity contribution in [2.24, 2.45) is 10.1 Å². The second-order valence-electron chi connectivity index (χ2n) is 7.44. The van der Waals surface area contributed by atoms with Crippen molar-refractivity contribution in [3.05, 3.63) is 71.3 Å². The van der Waals surface area contributed by atoms with Crippen molar-refractivity contribution in [2.45, 2.75) is 19.4 Å². The zero-order valence-corrected chi connectivity index (χ0v) is 17.6. The number of hydrogen-bond acceptors (Lipinski definition) is 6. The van der Waals surface area contributed by atoms with Gasteiger partial charge in [0.15, 0.2) is 11.0 Å². The summed E-state index contributed by atoms with van der Waals surface area (Å²) in [5.74, 6) is 0.388. The lowest BCUT2D eigenvalue weighted by atomic mass is 10.1. The summed E-state index contributed by atoms with van der Waals surface area (Å²) in [6.07, 6.45) is 3.96. The first-order valence-corrected chi connectivity index (χ1v) is 11.0. The van der Waals surface area contributed by atoms with Crippen LogP contribution in [0.4, 0.5) is 0 Å². The summed E-state index contributed by atoms with van der Waals surface area (Å²) in [6, 6.07) is 17.4. The number of carbonyl (C=O) groups excluding carboxylic acids is 1. The summed E-state index contributed by atoms with van der Waals surface area (Å²) in [5.41, 5.74) is 2.13. The van der Waals surface area contributed by atoms with Gasteiger partial charge < -0.3 is 9.64 Å². The number of nitrogens with zero attached hydrogens (tertiary/aromatic N) is 4. The Morgan fingerprint density at radius 3 is 2.52 bits per heavy atom. The van der Waals surface area contributed by atoms with Crippen LogP contribution in [-0.4, -0.2) is 45.1 Å². The van der Waals surface area contributed by atoms with Crippen molar-refractivity contribution < 1.29 is 9.53 Å². The van der Waals surface area contributed by atoms with E-state index in [0.717, 1.165) is 48.0 Å². The number of hydrogen-bond donors (Lipinski definition) is 1. The summed E-state index contributed by atoms with van der Waals surface area (Å²) in [4.78, 5) is 18.9. The second kappa shape index (κ2) is 8.39. The average Bonchev–Trinajstić information content (AvgIpc) is 3.47. The maximum atomic E-state index is 12.6. The highest BCUT2D eigenvalue weighted by atomic mass is 32.2. The van der Waals surface area contributed by atoms with Gasteiger partial charge in [-0.3, -0.25) is 10.2 Å². The van der Waals surface area contributed by atoms with E-state index in [4.69, 9.17) is 10.1 Å². The summed E-state index contributed by atoms with van der Waals surface area (Å²) in [7, 11) is 0. The Bertz CT molecular complexity index is 1100. The third-order valence-electron chi connectivity index (χ3n) is 5.26. The molecule has 1 amide bonds. The zero-order chi connectivity index (χ0) is 21.2. The Morgan fingerprint density at radius 2 is 1.77 bits per heavy atom. The van der Waals surface area contributed by atoms with Crippen molar-refractivity contribution in [2.75, 3.05) is 13.1 Å². The van der Waals surface area contributed by atoms with Crippen LogP contribution in [0.25, 0.3) is 6.08 Å². The van der Waals surface area contributed by atoms with Gasteiger partial charge in [-0.25, -0.2) is 0 Å². The molecule has 156 valence electrons. The van der Waals surface area contributed by atoms with Gasteiger partial charge in [0.05, 0.1) is 5.57 Å². The van der Waals surface area contributed by atoms with Crippen LogP contribution >= 0.6 is 11.8 Å². The number of thioether (sulfide) groups is 1. The van der Waals surface area contributed by atoms with Gasteiger partial charge in [-0.05, 0) is 53.9 Å². The van der Waals surface area contributed by atoms with Crippen LogP contribution < -0.4 is 4.74 Å². The minimum atomic E-state index is -0.411. The van der Waals surface area contributed by atoms with E-state index < -0.39 is 5.91 Å². The lowest BCUT2D eigenvalue weighted by Gasteiger charge is -2.20. The number of aliphatic imine (C=N–C) groups is 1. The van der Waals surface area contributed by atoms with E-state index in [9.17, 15) is 4.79 Å². The molecule has 5 rings (SSSR count). The zero-order valence-electron chi connectivity index (χ0n) is 16.8. The highest BCUT2D eigenvalue weighted by Gasteiger charge is 2.37.